The van der Waals surface area contributed by atoms with E-state index in [0.29, 0.717) is 0 Å². The van der Waals surface area contributed by atoms with Crippen LogP contribution in [0.1, 0.15) is 6.42 Å². The maximum Gasteiger partial charge on any atom is 0.328 e. The van der Waals surface area contributed by atoms with Crippen LogP contribution in [0.5, 0.6) is 0 Å². The molecule has 0 spiro atoms. The number of carboxylic acid groups (broad SMARTS) is 3. The summed E-state index contributed by atoms with van der Waals surface area (Å²) in [6.07, 6.45) is -0.674. The zero-order chi connectivity index (χ0) is 15.0. The van der Waals surface area contributed by atoms with Crippen LogP contribution in [0.3, 0.4) is 0 Å². The van der Waals surface area contributed by atoms with Gasteiger partial charge in [-0.25, -0.2) is 5.26 Å². The van der Waals surface area contributed by atoms with Gasteiger partial charge in [-0.15, -0.1) is 0 Å². The Morgan fingerprint density at radius 1 is 1.11 bits per heavy atom. The number of hydrogen-bond acceptors (Lipinski definition) is 7. The average Bonchev–Trinajstić information content (AvgIpc) is 2.30. The molecule has 2 atom stereocenters. The van der Waals surface area contributed by atoms with Crippen molar-refractivity contribution in [2.24, 2.45) is 0 Å². The summed E-state index contributed by atoms with van der Waals surface area (Å²) in [5.74, 6) is -4.63. The highest BCUT2D eigenvalue weighted by molar-refractivity contribution is 5.80. The van der Waals surface area contributed by atoms with E-state index < -0.39 is 42.2 Å². The quantitative estimate of drug-likeness (QED) is 0.120. The molecule has 0 radical (unpaired) electrons. The van der Waals surface area contributed by atoms with Crippen molar-refractivity contribution in [3.05, 3.63) is 12.3 Å². The number of carboxylic acids is 3. The van der Waals surface area contributed by atoms with Crippen molar-refractivity contribution in [1.82, 2.24) is 10.6 Å². The molecule has 10 heteroatoms. The fourth-order valence-corrected chi connectivity index (χ4v) is 1.10. The number of hydrogen-bond donors (Lipinski definition) is 6. The third-order valence-corrected chi connectivity index (χ3v) is 2.02. The van der Waals surface area contributed by atoms with E-state index >= 15 is 0 Å². The lowest BCUT2D eigenvalue weighted by molar-refractivity contribution is -0.209. The van der Waals surface area contributed by atoms with E-state index in [9.17, 15) is 14.4 Å². The van der Waals surface area contributed by atoms with Gasteiger partial charge in [0.25, 0.3) is 0 Å². The van der Waals surface area contributed by atoms with Gasteiger partial charge in [0.1, 0.15) is 6.04 Å². The SMILES string of the molecule is C=C(OO)C(NCNC(CC(=O)O)C(=O)O)C(=O)O. The first-order chi connectivity index (χ1) is 8.79. The maximum atomic E-state index is 10.7. The molecule has 0 aromatic rings. The largest absolute Gasteiger partial charge is 0.481 e. The van der Waals surface area contributed by atoms with Gasteiger partial charge in [0.15, 0.2) is 11.8 Å². The van der Waals surface area contributed by atoms with E-state index in [0.717, 1.165) is 0 Å². The van der Waals surface area contributed by atoms with Crippen LogP contribution in [0, 0.1) is 0 Å². The molecule has 6 N–H and O–H groups in total. The lowest BCUT2D eigenvalue weighted by Crippen LogP contribution is -2.48. The molecule has 0 heterocycles. The smallest absolute Gasteiger partial charge is 0.328 e. The number of rotatable bonds is 10. The summed E-state index contributed by atoms with van der Waals surface area (Å²) in [7, 11) is 0. The zero-order valence-electron chi connectivity index (χ0n) is 9.70. The van der Waals surface area contributed by atoms with Crippen molar-refractivity contribution < 1.29 is 39.8 Å². The molecule has 0 saturated carbocycles. The van der Waals surface area contributed by atoms with Gasteiger partial charge in [0.05, 0.1) is 6.42 Å². The third kappa shape index (κ3) is 6.35. The van der Waals surface area contributed by atoms with Crippen molar-refractivity contribution in [2.45, 2.75) is 18.5 Å². The Hall–Kier alpha value is -2.17. The first-order valence-corrected chi connectivity index (χ1v) is 4.94. The van der Waals surface area contributed by atoms with Gasteiger partial charge >= 0.3 is 17.9 Å². The molecule has 19 heavy (non-hydrogen) atoms. The third-order valence-electron chi connectivity index (χ3n) is 2.02. The molecule has 0 bridgehead atoms. The Kier molecular flexibility index (Phi) is 7.11. The van der Waals surface area contributed by atoms with E-state index in [-0.39, 0.29) is 6.67 Å². The second-order valence-electron chi connectivity index (χ2n) is 3.40. The van der Waals surface area contributed by atoms with Gasteiger partial charge in [-0.2, -0.15) is 0 Å². The fraction of sp³-hybridized carbons (Fsp3) is 0.444. The summed E-state index contributed by atoms with van der Waals surface area (Å²) < 4.78 is 0. The average molecular weight is 278 g/mol. The van der Waals surface area contributed by atoms with Crippen molar-refractivity contribution in [3.63, 3.8) is 0 Å². The minimum atomic E-state index is -1.48. The van der Waals surface area contributed by atoms with Gasteiger partial charge in [-0.3, -0.25) is 25.0 Å². The van der Waals surface area contributed by atoms with E-state index in [1.165, 1.54) is 0 Å². The van der Waals surface area contributed by atoms with E-state index in [1.54, 1.807) is 0 Å². The Morgan fingerprint density at radius 2 is 1.68 bits per heavy atom. The van der Waals surface area contributed by atoms with Crippen LogP contribution in [-0.2, 0) is 19.3 Å². The Morgan fingerprint density at radius 3 is 2.05 bits per heavy atom. The molecule has 0 amide bonds. The highest BCUT2D eigenvalue weighted by Gasteiger charge is 2.24. The minimum absolute atomic E-state index is 0.344. The van der Waals surface area contributed by atoms with Gasteiger partial charge in [-0.1, -0.05) is 6.58 Å². The summed E-state index contributed by atoms with van der Waals surface area (Å²) in [5.41, 5.74) is 0. The summed E-state index contributed by atoms with van der Waals surface area (Å²) in [6, 6.07) is -2.86. The topological polar surface area (TPSA) is 165 Å². The monoisotopic (exact) mass is 278 g/mol. The number of aliphatic carboxylic acids is 3. The summed E-state index contributed by atoms with van der Waals surface area (Å²) in [4.78, 5) is 35.5. The molecule has 0 aliphatic carbocycles. The predicted octanol–water partition coefficient (Wildman–Crippen LogP) is -1.49. The zero-order valence-corrected chi connectivity index (χ0v) is 9.70. The maximum absolute atomic E-state index is 10.7. The molecular weight excluding hydrogens is 264 g/mol. The lowest BCUT2D eigenvalue weighted by Gasteiger charge is -2.17. The fourth-order valence-electron chi connectivity index (χ4n) is 1.10. The molecule has 0 aliphatic heterocycles. The van der Waals surface area contributed by atoms with Gasteiger partial charge in [-0.05, 0) is 0 Å². The first-order valence-electron chi connectivity index (χ1n) is 4.94. The van der Waals surface area contributed by atoms with E-state index in [2.05, 4.69) is 22.1 Å². The molecule has 0 aromatic carbocycles. The Balaban J connectivity index is 4.36. The van der Waals surface area contributed by atoms with Crippen molar-refractivity contribution in [2.75, 3.05) is 6.67 Å². The van der Waals surface area contributed by atoms with Crippen LogP contribution in [0.2, 0.25) is 0 Å². The summed E-state index contributed by atoms with van der Waals surface area (Å²) in [5, 5.41) is 38.7. The van der Waals surface area contributed by atoms with Gasteiger partial charge < -0.3 is 20.2 Å². The van der Waals surface area contributed by atoms with E-state index in [1.807, 2.05) is 0 Å². The molecular formula is C9H14N2O8. The highest BCUT2D eigenvalue weighted by atomic mass is 17.1. The van der Waals surface area contributed by atoms with Gasteiger partial charge in [0, 0.05) is 6.67 Å². The van der Waals surface area contributed by atoms with E-state index in [4.69, 9.17) is 20.6 Å². The normalized spacial score (nSPS) is 13.3. The van der Waals surface area contributed by atoms with Crippen LogP contribution in [0.15, 0.2) is 12.3 Å². The molecule has 10 nitrogen and oxygen atoms in total. The first kappa shape index (κ1) is 16.8. The van der Waals surface area contributed by atoms with Crippen LogP contribution < -0.4 is 10.6 Å². The Labute approximate surface area is 107 Å². The second kappa shape index (κ2) is 8.02. The van der Waals surface area contributed by atoms with Crippen molar-refractivity contribution in [3.8, 4) is 0 Å². The summed E-state index contributed by atoms with van der Waals surface area (Å²) >= 11 is 0. The Bertz CT molecular complexity index is 369. The highest BCUT2D eigenvalue weighted by Crippen LogP contribution is 2.00. The van der Waals surface area contributed by atoms with Crippen LogP contribution >= 0.6 is 0 Å². The predicted molar refractivity (Wildman–Crippen MR) is 59.1 cm³/mol. The molecule has 0 fully saturated rings. The molecule has 108 valence electrons. The number of carbonyl (C=O) groups is 3. The van der Waals surface area contributed by atoms with Crippen LogP contribution in [-0.4, -0.2) is 57.2 Å². The lowest BCUT2D eigenvalue weighted by atomic mass is 10.2. The second-order valence-corrected chi connectivity index (χ2v) is 3.40. The van der Waals surface area contributed by atoms with Crippen LogP contribution in [0.25, 0.3) is 0 Å². The molecule has 0 saturated heterocycles. The van der Waals surface area contributed by atoms with Crippen molar-refractivity contribution >= 4 is 17.9 Å². The standard InChI is InChI=1S/C9H14N2O8/c1-4(19-18)7(9(16)17)11-3-10-5(8(14)15)2-6(12)13/h5,7,10-11,18H,1-3H2,(H,12,13)(H,14,15)(H,16,17). The minimum Gasteiger partial charge on any atom is -0.481 e. The molecule has 0 aliphatic rings. The van der Waals surface area contributed by atoms with Crippen molar-refractivity contribution in [1.29, 1.82) is 0 Å². The molecule has 0 rings (SSSR count). The van der Waals surface area contributed by atoms with Gasteiger partial charge in [0.2, 0.25) is 0 Å². The number of nitrogens with one attached hydrogen (secondary N) is 2. The van der Waals surface area contributed by atoms with Crippen LogP contribution in [0.4, 0.5) is 0 Å². The summed E-state index contributed by atoms with van der Waals surface area (Å²) in [6.45, 7) is 2.78. The molecule has 2 unspecified atom stereocenters. The molecule has 0 aromatic heterocycles.